The van der Waals surface area contributed by atoms with Crippen LogP contribution in [0.1, 0.15) is 21.5 Å². The Morgan fingerprint density at radius 3 is 2.62 bits per heavy atom. The summed E-state index contributed by atoms with van der Waals surface area (Å²) in [6, 6.07) is 22.6. The van der Waals surface area contributed by atoms with Crippen LogP contribution in [0.25, 0.3) is 16.7 Å². The van der Waals surface area contributed by atoms with Crippen LogP contribution in [0, 0.1) is 11.2 Å². The zero-order chi connectivity index (χ0) is 27.6. The van der Waals surface area contributed by atoms with Crippen molar-refractivity contribution < 1.29 is 9.18 Å². The van der Waals surface area contributed by atoms with Crippen molar-refractivity contribution in [3.8, 4) is 0 Å². The van der Waals surface area contributed by atoms with E-state index in [1.165, 1.54) is 28.3 Å². The second-order valence-corrected chi connectivity index (χ2v) is 11.0. The molecule has 12 heteroatoms. The van der Waals surface area contributed by atoms with Gasteiger partial charge in [0, 0.05) is 11.9 Å². The predicted molar refractivity (Wildman–Crippen MR) is 152 cm³/mol. The molecule has 4 heterocycles. The normalized spacial score (nSPS) is 11.2. The molecule has 198 valence electrons. The average molecular weight is 570 g/mol. The fourth-order valence-electron chi connectivity index (χ4n) is 4.22. The van der Waals surface area contributed by atoms with E-state index < -0.39 is 5.91 Å². The van der Waals surface area contributed by atoms with Crippen LogP contribution >= 0.6 is 23.1 Å². The van der Waals surface area contributed by atoms with Crippen LogP contribution in [0.2, 0.25) is 0 Å². The van der Waals surface area contributed by atoms with Gasteiger partial charge in [0.05, 0.1) is 17.5 Å². The second kappa shape index (κ2) is 10.8. The lowest BCUT2D eigenvalue weighted by atomic mass is 10.1. The summed E-state index contributed by atoms with van der Waals surface area (Å²) in [6.07, 6.45) is 1.61. The van der Waals surface area contributed by atoms with Crippen LogP contribution in [-0.4, -0.2) is 30.1 Å². The Balaban J connectivity index is 1.35. The van der Waals surface area contributed by atoms with Crippen molar-refractivity contribution in [3.05, 3.63) is 123 Å². The summed E-state index contributed by atoms with van der Waals surface area (Å²) in [5.41, 5.74) is 1.72. The number of fused-ring (bicyclic) bond motifs is 2. The number of nitrogens with one attached hydrogen (secondary N) is 2. The van der Waals surface area contributed by atoms with Gasteiger partial charge in [0.2, 0.25) is 5.13 Å². The molecule has 6 aromatic rings. The minimum Gasteiger partial charge on any atom is -0.306 e. The molecule has 0 bridgehead atoms. The fraction of sp³-hybridized carbons (Fsp3) is 0.0714. The molecule has 0 aliphatic heterocycles. The van der Waals surface area contributed by atoms with Gasteiger partial charge < -0.3 is 4.57 Å². The van der Waals surface area contributed by atoms with Gasteiger partial charge in [-0.3, -0.25) is 24.7 Å². The highest BCUT2D eigenvalue weighted by Crippen LogP contribution is 2.29. The van der Waals surface area contributed by atoms with Crippen molar-refractivity contribution in [2.75, 3.05) is 5.32 Å². The average Bonchev–Trinajstić information content (AvgIpc) is 3.42. The predicted octanol–water partition coefficient (Wildman–Crippen LogP) is 4.71. The lowest BCUT2D eigenvalue weighted by Crippen LogP contribution is -2.32. The third-order valence-electron chi connectivity index (χ3n) is 6.18. The van der Waals surface area contributed by atoms with Crippen molar-refractivity contribution in [3.63, 3.8) is 0 Å². The van der Waals surface area contributed by atoms with E-state index in [4.69, 9.17) is 5.41 Å². The number of carbonyl (C=O) groups is 1. The number of aromatic nitrogens is 5. The SMILES string of the molecule is N=c1c(C(=O)Nc2nnc(SCc3ccccc3F)s2)cc2c(=O)n3ccccc3nc2n1Cc1ccccc1. The Bertz CT molecular complexity index is 2000. The maximum absolute atomic E-state index is 13.9. The standard InChI is InChI=1S/C28H20FN7O2S2/c29-21-11-5-4-10-18(21)16-39-28-34-33-27(40-28)32-25(37)19-14-20-24(31-22-12-6-7-13-35(22)26(20)38)36(23(19)30)15-17-8-2-1-3-9-17/h1-14,30H,15-16H2,(H,32,33,37). The van der Waals surface area contributed by atoms with Crippen molar-refractivity contribution in [1.29, 1.82) is 5.41 Å². The van der Waals surface area contributed by atoms with Crippen LogP contribution in [-0.2, 0) is 12.3 Å². The Morgan fingerprint density at radius 1 is 1.02 bits per heavy atom. The summed E-state index contributed by atoms with van der Waals surface area (Å²) in [5, 5.41) is 20.2. The maximum atomic E-state index is 13.9. The van der Waals surface area contributed by atoms with Gasteiger partial charge in [0.25, 0.3) is 11.5 Å². The molecule has 0 fully saturated rings. The van der Waals surface area contributed by atoms with Crippen molar-refractivity contribution in [2.24, 2.45) is 0 Å². The van der Waals surface area contributed by atoms with Gasteiger partial charge in [-0.25, -0.2) is 9.37 Å². The Morgan fingerprint density at radius 2 is 1.80 bits per heavy atom. The maximum Gasteiger partial charge on any atom is 0.267 e. The van der Waals surface area contributed by atoms with Crippen LogP contribution in [0.5, 0.6) is 0 Å². The molecule has 6 rings (SSSR count). The first kappa shape index (κ1) is 25.6. The molecule has 4 aromatic heterocycles. The van der Waals surface area contributed by atoms with E-state index in [2.05, 4.69) is 20.5 Å². The smallest absolute Gasteiger partial charge is 0.267 e. The highest BCUT2D eigenvalue weighted by atomic mass is 32.2. The third-order valence-corrected chi connectivity index (χ3v) is 8.20. The summed E-state index contributed by atoms with van der Waals surface area (Å²) in [5.74, 6) is -0.538. The number of carbonyl (C=O) groups excluding carboxylic acids is 1. The van der Waals surface area contributed by atoms with Gasteiger partial charge in [0.1, 0.15) is 22.6 Å². The molecule has 2 aromatic carbocycles. The highest BCUT2D eigenvalue weighted by Gasteiger charge is 2.19. The van der Waals surface area contributed by atoms with Gasteiger partial charge in [0.15, 0.2) is 4.34 Å². The number of amides is 1. The molecular formula is C28H20FN7O2S2. The molecule has 1 amide bonds. The van der Waals surface area contributed by atoms with Gasteiger partial charge >= 0.3 is 0 Å². The number of hydrogen-bond acceptors (Lipinski definition) is 8. The van der Waals surface area contributed by atoms with E-state index in [1.54, 1.807) is 47.2 Å². The molecule has 2 N–H and O–H groups in total. The molecule has 0 atom stereocenters. The monoisotopic (exact) mass is 569 g/mol. The molecule has 40 heavy (non-hydrogen) atoms. The Labute approximate surface area is 234 Å². The summed E-state index contributed by atoms with van der Waals surface area (Å²) in [7, 11) is 0. The summed E-state index contributed by atoms with van der Waals surface area (Å²) >= 11 is 2.45. The lowest BCUT2D eigenvalue weighted by molar-refractivity contribution is 0.102. The molecule has 0 spiro atoms. The van der Waals surface area contributed by atoms with E-state index in [0.717, 1.165) is 16.9 Å². The molecule has 0 radical (unpaired) electrons. The number of nitrogens with zero attached hydrogens (tertiary/aromatic N) is 5. The first-order valence-electron chi connectivity index (χ1n) is 12.1. The zero-order valence-electron chi connectivity index (χ0n) is 20.7. The number of thioether (sulfide) groups is 1. The Kier molecular flexibility index (Phi) is 6.93. The largest absolute Gasteiger partial charge is 0.306 e. The molecule has 0 unspecified atom stereocenters. The fourth-order valence-corrected chi connectivity index (χ4v) is 5.95. The van der Waals surface area contributed by atoms with Crippen LogP contribution in [0.4, 0.5) is 9.52 Å². The number of rotatable bonds is 7. The number of hydrogen-bond donors (Lipinski definition) is 2. The minimum atomic E-state index is -0.604. The molecule has 0 aliphatic carbocycles. The summed E-state index contributed by atoms with van der Waals surface area (Å²) < 4.78 is 17.5. The minimum absolute atomic E-state index is 0.00558. The highest BCUT2D eigenvalue weighted by molar-refractivity contribution is 8.00. The topological polar surface area (TPSA) is 118 Å². The van der Waals surface area contributed by atoms with E-state index in [9.17, 15) is 14.0 Å². The first-order valence-corrected chi connectivity index (χ1v) is 13.9. The molecule has 0 aliphatic rings. The van der Waals surface area contributed by atoms with E-state index in [-0.39, 0.29) is 39.5 Å². The zero-order valence-corrected chi connectivity index (χ0v) is 22.4. The van der Waals surface area contributed by atoms with Gasteiger partial charge in [-0.15, -0.1) is 10.2 Å². The summed E-state index contributed by atoms with van der Waals surface area (Å²) in [4.78, 5) is 31.5. The van der Waals surface area contributed by atoms with Crippen molar-refractivity contribution in [1.82, 2.24) is 24.1 Å². The lowest BCUT2D eigenvalue weighted by Gasteiger charge is -2.14. The molecule has 0 saturated carbocycles. The molecular weight excluding hydrogens is 549 g/mol. The third kappa shape index (κ3) is 5.01. The molecule has 9 nitrogen and oxygen atoms in total. The van der Waals surface area contributed by atoms with E-state index >= 15 is 0 Å². The molecule has 0 saturated heterocycles. The second-order valence-electron chi connectivity index (χ2n) is 8.77. The van der Waals surface area contributed by atoms with Gasteiger partial charge in [-0.2, -0.15) is 0 Å². The summed E-state index contributed by atoms with van der Waals surface area (Å²) in [6.45, 7) is 0.238. The van der Waals surface area contributed by atoms with Crippen LogP contribution in [0.15, 0.2) is 94.2 Å². The van der Waals surface area contributed by atoms with Crippen LogP contribution < -0.4 is 16.4 Å². The number of anilines is 1. The Hall–Kier alpha value is -4.68. The van der Waals surface area contributed by atoms with Crippen molar-refractivity contribution in [2.45, 2.75) is 16.6 Å². The van der Waals surface area contributed by atoms with E-state index in [1.807, 2.05) is 30.3 Å². The van der Waals surface area contributed by atoms with Crippen LogP contribution in [0.3, 0.4) is 0 Å². The number of benzene rings is 2. The van der Waals surface area contributed by atoms with Gasteiger partial charge in [-0.05, 0) is 35.4 Å². The van der Waals surface area contributed by atoms with Crippen molar-refractivity contribution >= 4 is 50.8 Å². The quantitative estimate of drug-likeness (QED) is 0.163. The van der Waals surface area contributed by atoms with Gasteiger partial charge in [-0.1, -0.05) is 77.7 Å². The van der Waals surface area contributed by atoms with E-state index in [0.29, 0.717) is 27.0 Å². The first-order chi connectivity index (χ1) is 19.5. The number of halogens is 1. The number of pyridine rings is 2.